The predicted octanol–water partition coefficient (Wildman–Crippen LogP) is 3.47. The van der Waals surface area contributed by atoms with Crippen LogP contribution in [0.5, 0.6) is 5.75 Å². The number of rotatable bonds is 6. The zero-order chi connectivity index (χ0) is 13.5. The molecule has 0 bridgehead atoms. The van der Waals surface area contributed by atoms with Gasteiger partial charge in [-0.2, -0.15) is 0 Å². The lowest BCUT2D eigenvalue weighted by Gasteiger charge is -2.09. The molecule has 0 aromatic heterocycles. The van der Waals surface area contributed by atoms with Crippen LogP contribution in [0.25, 0.3) is 0 Å². The van der Waals surface area contributed by atoms with Crippen molar-refractivity contribution in [3.8, 4) is 5.75 Å². The molecule has 2 aromatic carbocycles. The Kier molecular flexibility index (Phi) is 4.99. The zero-order valence-electron chi connectivity index (χ0n) is 11.6. The first-order valence-corrected chi connectivity index (χ1v) is 6.70. The highest BCUT2D eigenvalue weighted by Gasteiger charge is 1.97. The summed E-state index contributed by atoms with van der Waals surface area (Å²) in [5.74, 6) is 0.972. The van der Waals surface area contributed by atoms with E-state index >= 15 is 0 Å². The van der Waals surface area contributed by atoms with E-state index in [0.717, 1.165) is 18.8 Å². The molecule has 2 aromatic rings. The average molecular weight is 255 g/mol. The van der Waals surface area contributed by atoms with E-state index in [1.165, 1.54) is 16.7 Å². The molecule has 0 aliphatic heterocycles. The molecule has 100 valence electrons. The van der Waals surface area contributed by atoms with Gasteiger partial charge in [0.2, 0.25) is 0 Å². The molecule has 19 heavy (non-hydrogen) atoms. The van der Waals surface area contributed by atoms with Crippen LogP contribution >= 0.6 is 0 Å². The van der Waals surface area contributed by atoms with Gasteiger partial charge in [0.05, 0.1) is 0 Å². The summed E-state index contributed by atoms with van der Waals surface area (Å²) in [6.45, 7) is 6.61. The van der Waals surface area contributed by atoms with Gasteiger partial charge in [0, 0.05) is 13.1 Å². The normalized spacial score (nSPS) is 10.4. The van der Waals surface area contributed by atoms with Gasteiger partial charge in [-0.3, -0.25) is 0 Å². The molecule has 0 saturated carbocycles. The van der Waals surface area contributed by atoms with Crippen molar-refractivity contribution in [3.05, 3.63) is 65.2 Å². The van der Waals surface area contributed by atoms with Crippen molar-refractivity contribution in [2.45, 2.75) is 20.4 Å². The Bertz CT molecular complexity index is 522. The van der Waals surface area contributed by atoms with Crippen molar-refractivity contribution < 1.29 is 4.74 Å². The molecule has 2 rings (SSSR count). The topological polar surface area (TPSA) is 21.3 Å². The summed E-state index contributed by atoms with van der Waals surface area (Å²) in [5, 5.41) is 3.39. The van der Waals surface area contributed by atoms with Gasteiger partial charge in [-0.15, -0.1) is 0 Å². The number of hydrogen-bond donors (Lipinski definition) is 1. The molecular formula is C17H21NO. The van der Waals surface area contributed by atoms with E-state index in [1.54, 1.807) is 0 Å². The zero-order valence-corrected chi connectivity index (χ0v) is 11.6. The highest BCUT2D eigenvalue weighted by Crippen LogP contribution is 2.15. The molecule has 0 amide bonds. The van der Waals surface area contributed by atoms with Gasteiger partial charge < -0.3 is 10.1 Å². The largest absolute Gasteiger partial charge is 0.492 e. The van der Waals surface area contributed by atoms with Crippen molar-refractivity contribution in [1.29, 1.82) is 0 Å². The summed E-state index contributed by atoms with van der Waals surface area (Å²) < 4.78 is 5.74. The molecule has 0 fully saturated rings. The summed E-state index contributed by atoms with van der Waals surface area (Å²) in [5.41, 5.74) is 3.80. The lowest BCUT2D eigenvalue weighted by molar-refractivity contribution is 0.311. The maximum atomic E-state index is 5.74. The van der Waals surface area contributed by atoms with Crippen LogP contribution in [0, 0.1) is 13.8 Å². The highest BCUT2D eigenvalue weighted by atomic mass is 16.5. The Hall–Kier alpha value is -1.80. The molecule has 0 unspecified atom stereocenters. The molecule has 0 saturated heterocycles. The van der Waals surface area contributed by atoms with Crippen LogP contribution in [-0.2, 0) is 6.54 Å². The predicted molar refractivity (Wildman–Crippen MR) is 79.6 cm³/mol. The molecule has 0 atom stereocenters. The van der Waals surface area contributed by atoms with Gasteiger partial charge in [0.1, 0.15) is 12.4 Å². The molecule has 0 aliphatic rings. The van der Waals surface area contributed by atoms with Crippen LogP contribution in [-0.4, -0.2) is 13.2 Å². The molecule has 2 heteroatoms. The Labute approximate surface area is 115 Å². The smallest absolute Gasteiger partial charge is 0.122 e. The Morgan fingerprint density at radius 3 is 2.63 bits per heavy atom. The van der Waals surface area contributed by atoms with Crippen LogP contribution in [0.2, 0.25) is 0 Å². The van der Waals surface area contributed by atoms with Gasteiger partial charge in [-0.05, 0) is 31.0 Å². The maximum absolute atomic E-state index is 5.74. The van der Waals surface area contributed by atoms with E-state index in [0.29, 0.717) is 6.61 Å². The minimum atomic E-state index is 0.691. The van der Waals surface area contributed by atoms with Gasteiger partial charge in [-0.25, -0.2) is 0 Å². The summed E-state index contributed by atoms with van der Waals surface area (Å²) >= 11 is 0. The fourth-order valence-electron chi connectivity index (χ4n) is 2.01. The quantitative estimate of drug-likeness (QED) is 0.798. The molecule has 0 radical (unpaired) electrons. The lowest BCUT2D eigenvalue weighted by atomic mass is 10.1. The SMILES string of the molecule is Cc1cccc(CNCCOc2ccccc2C)c1. The number of hydrogen-bond acceptors (Lipinski definition) is 2. The molecule has 1 N–H and O–H groups in total. The van der Waals surface area contributed by atoms with Crippen LogP contribution in [0.3, 0.4) is 0 Å². The van der Waals surface area contributed by atoms with Crippen molar-refractivity contribution in [3.63, 3.8) is 0 Å². The molecule has 0 spiro atoms. The first-order chi connectivity index (χ1) is 9.25. The van der Waals surface area contributed by atoms with E-state index in [1.807, 2.05) is 18.2 Å². The molecule has 0 aliphatic carbocycles. The van der Waals surface area contributed by atoms with E-state index in [4.69, 9.17) is 4.74 Å². The van der Waals surface area contributed by atoms with Crippen LogP contribution in [0.4, 0.5) is 0 Å². The standard InChI is InChI=1S/C17H21NO/c1-14-6-5-8-16(12-14)13-18-10-11-19-17-9-4-3-7-15(17)2/h3-9,12,18H,10-11,13H2,1-2H3. The summed E-state index contributed by atoms with van der Waals surface area (Å²) in [6.07, 6.45) is 0. The first-order valence-electron chi connectivity index (χ1n) is 6.70. The van der Waals surface area contributed by atoms with E-state index in [9.17, 15) is 0 Å². The number of benzene rings is 2. The number of aryl methyl sites for hydroxylation is 2. The van der Waals surface area contributed by atoms with Crippen molar-refractivity contribution in [2.75, 3.05) is 13.2 Å². The third-order valence-electron chi connectivity index (χ3n) is 3.04. The monoisotopic (exact) mass is 255 g/mol. The molecule has 0 heterocycles. The Morgan fingerprint density at radius 2 is 1.84 bits per heavy atom. The number of para-hydroxylation sites is 1. The van der Waals surface area contributed by atoms with E-state index in [-0.39, 0.29) is 0 Å². The second-order valence-electron chi connectivity index (χ2n) is 4.78. The van der Waals surface area contributed by atoms with Gasteiger partial charge in [0.25, 0.3) is 0 Å². The number of ether oxygens (including phenoxy) is 1. The maximum Gasteiger partial charge on any atom is 0.122 e. The summed E-state index contributed by atoms with van der Waals surface area (Å²) in [4.78, 5) is 0. The second-order valence-corrected chi connectivity index (χ2v) is 4.78. The van der Waals surface area contributed by atoms with E-state index in [2.05, 4.69) is 49.5 Å². The summed E-state index contributed by atoms with van der Waals surface area (Å²) in [6, 6.07) is 16.7. The minimum absolute atomic E-state index is 0.691. The highest BCUT2D eigenvalue weighted by molar-refractivity contribution is 5.31. The number of nitrogens with one attached hydrogen (secondary N) is 1. The van der Waals surface area contributed by atoms with Gasteiger partial charge in [-0.1, -0.05) is 48.0 Å². The van der Waals surface area contributed by atoms with Gasteiger partial charge in [0.15, 0.2) is 0 Å². The Balaban J connectivity index is 1.69. The third kappa shape index (κ3) is 4.42. The van der Waals surface area contributed by atoms with Crippen molar-refractivity contribution in [2.24, 2.45) is 0 Å². The fourth-order valence-corrected chi connectivity index (χ4v) is 2.01. The average Bonchev–Trinajstić information content (AvgIpc) is 2.40. The lowest BCUT2D eigenvalue weighted by Crippen LogP contribution is -2.20. The molecular weight excluding hydrogens is 234 g/mol. The fraction of sp³-hybridized carbons (Fsp3) is 0.294. The second kappa shape index (κ2) is 6.95. The van der Waals surface area contributed by atoms with Crippen molar-refractivity contribution in [1.82, 2.24) is 5.32 Å². The molecule has 2 nitrogen and oxygen atoms in total. The van der Waals surface area contributed by atoms with E-state index < -0.39 is 0 Å². The van der Waals surface area contributed by atoms with Crippen molar-refractivity contribution >= 4 is 0 Å². The Morgan fingerprint density at radius 1 is 1.00 bits per heavy atom. The third-order valence-corrected chi connectivity index (χ3v) is 3.04. The summed E-state index contributed by atoms with van der Waals surface area (Å²) in [7, 11) is 0. The minimum Gasteiger partial charge on any atom is -0.492 e. The van der Waals surface area contributed by atoms with Crippen LogP contribution in [0.1, 0.15) is 16.7 Å². The van der Waals surface area contributed by atoms with Gasteiger partial charge >= 0.3 is 0 Å². The first kappa shape index (κ1) is 13.6. The van der Waals surface area contributed by atoms with Crippen LogP contribution in [0.15, 0.2) is 48.5 Å². The van der Waals surface area contributed by atoms with Crippen LogP contribution < -0.4 is 10.1 Å².